The van der Waals surface area contributed by atoms with Crippen molar-refractivity contribution in [2.45, 2.75) is 31.7 Å². The fraction of sp³-hybridized carbons (Fsp3) is 0.333. The van der Waals surface area contributed by atoms with Crippen molar-refractivity contribution in [1.82, 2.24) is 9.78 Å². The van der Waals surface area contributed by atoms with Crippen LogP contribution in [0.15, 0.2) is 28.9 Å². The standard InChI is InChI=1S/C15H14BrFN2O2/c16-12-7-9(5-6-13(12)17)14-11(15(20)21)8-19(18-14)10-3-1-2-4-10/h5-8,10H,1-4H2,(H,20,21). The molecule has 0 bridgehead atoms. The molecule has 3 rings (SSSR count). The van der Waals surface area contributed by atoms with Crippen molar-refractivity contribution in [2.75, 3.05) is 0 Å². The topological polar surface area (TPSA) is 55.1 Å². The van der Waals surface area contributed by atoms with Crippen molar-refractivity contribution in [2.24, 2.45) is 0 Å². The van der Waals surface area contributed by atoms with E-state index in [0.29, 0.717) is 15.7 Å². The molecule has 4 nitrogen and oxygen atoms in total. The minimum Gasteiger partial charge on any atom is -0.478 e. The molecule has 1 aromatic carbocycles. The highest BCUT2D eigenvalue weighted by Gasteiger charge is 2.23. The molecule has 0 unspecified atom stereocenters. The summed E-state index contributed by atoms with van der Waals surface area (Å²) in [5.41, 5.74) is 1.13. The number of rotatable bonds is 3. The Morgan fingerprint density at radius 2 is 2.10 bits per heavy atom. The predicted molar refractivity (Wildman–Crippen MR) is 79.8 cm³/mol. The Kier molecular flexibility index (Phi) is 3.80. The summed E-state index contributed by atoms with van der Waals surface area (Å²) in [6.45, 7) is 0. The molecule has 2 aromatic rings. The summed E-state index contributed by atoms with van der Waals surface area (Å²) in [6, 6.07) is 4.68. The fourth-order valence-corrected chi connectivity index (χ4v) is 3.14. The molecule has 0 saturated heterocycles. The van der Waals surface area contributed by atoms with E-state index in [2.05, 4.69) is 21.0 Å². The molecule has 1 N–H and O–H groups in total. The van der Waals surface area contributed by atoms with Crippen LogP contribution in [0.25, 0.3) is 11.3 Å². The maximum Gasteiger partial charge on any atom is 0.339 e. The van der Waals surface area contributed by atoms with Gasteiger partial charge in [0.05, 0.1) is 10.5 Å². The molecule has 0 radical (unpaired) electrons. The van der Waals surface area contributed by atoms with Gasteiger partial charge in [-0.2, -0.15) is 5.10 Å². The van der Waals surface area contributed by atoms with Crippen LogP contribution in [0, 0.1) is 5.82 Å². The summed E-state index contributed by atoms with van der Waals surface area (Å²) in [5, 5.41) is 13.8. The van der Waals surface area contributed by atoms with Gasteiger partial charge >= 0.3 is 5.97 Å². The van der Waals surface area contributed by atoms with E-state index < -0.39 is 5.97 Å². The number of carboxylic acid groups (broad SMARTS) is 1. The van der Waals surface area contributed by atoms with Crippen LogP contribution in [0.3, 0.4) is 0 Å². The Hall–Kier alpha value is -1.69. The summed E-state index contributed by atoms with van der Waals surface area (Å²) >= 11 is 3.12. The third-order valence-electron chi connectivity index (χ3n) is 3.85. The van der Waals surface area contributed by atoms with Gasteiger partial charge in [0.1, 0.15) is 17.1 Å². The van der Waals surface area contributed by atoms with Crippen molar-refractivity contribution < 1.29 is 14.3 Å². The van der Waals surface area contributed by atoms with Crippen LogP contribution in [-0.2, 0) is 0 Å². The number of hydrogen-bond acceptors (Lipinski definition) is 2. The zero-order valence-electron chi connectivity index (χ0n) is 11.2. The zero-order valence-corrected chi connectivity index (χ0v) is 12.8. The third-order valence-corrected chi connectivity index (χ3v) is 4.46. The van der Waals surface area contributed by atoms with Crippen molar-refractivity contribution in [1.29, 1.82) is 0 Å². The van der Waals surface area contributed by atoms with E-state index >= 15 is 0 Å². The van der Waals surface area contributed by atoms with Crippen molar-refractivity contribution in [3.8, 4) is 11.3 Å². The average molecular weight is 353 g/mol. The summed E-state index contributed by atoms with van der Waals surface area (Å²) in [4.78, 5) is 11.4. The van der Waals surface area contributed by atoms with E-state index in [9.17, 15) is 14.3 Å². The van der Waals surface area contributed by atoms with Gasteiger partial charge in [0.25, 0.3) is 0 Å². The average Bonchev–Trinajstić information content (AvgIpc) is 3.09. The second-order valence-electron chi connectivity index (χ2n) is 5.24. The lowest BCUT2D eigenvalue weighted by atomic mass is 10.1. The molecular weight excluding hydrogens is 339 g/mol. The van der Waals surface area contributed by atoms with Gasteiger partial charge in [-0.1, -0.05) is 12.8 Å². The highest BCUT2D eigenvalue weighted by Crippen LogP contribution is 2.32. The van der Waals surface area contributed by atoms with E-state index in [4.69, 9.17) is 0 Å². The number of carbonyl (C=O) groups is 1. The molecule has 6 heteroatoms. The first-order valence-electron chi connectivity index (χ1n) is 6.84. The molecule has 0 aliphatic heterocycles. The fourth-order valence-electron chi connectivity index (χ4n) is 2.76. The van der Waals surface area contributed by atoms with Gasteiger partial charge in [-0.3, -0.25) is 4.68 Å². The number of aromatic nitrogens is 2. The lowest BCUT2D eigenvalue weighted by Gasteiger charge is -2.08. The monoisotopic (exact) mass is 352 g/mol. The molecule has 1 saturated carbocycles. The first-order valence-corrected chi connectivity index (χ1v) is 7.63. The maximum absolute atomic E-state index is 13.3. The van der Waals surface area contributed by atoms with Crippen LogP contribution in [0.5, 0.6) is 0 Å². The summed E-state index contributed by atoms with van der Waals surface area (Å²) in [5.74, 6) is -1.40. The van der Waals surface area contributed by atoms with Gasteiger partial charge in [0.2, 0.25) is 0 Å². The van der Waals surface area contributed by atoms with Gasteiger partial charge in [0.15, 0.2) is 0 Å². The van der Waals surface area contributed by atoms with Crippen LogP contribution in [-0.4, -0.2) is 20.9 Å². The normalized spacial score (nSPS) is 15.5. The first-order chi connectivity index (χ1) is 10.1. The first kappa shape index (κ1) is 14.3. The van der Waals surface area contributed by atoms with Crippen molar-refractivity contribution in [3.05, 3.63) is 40.2 Å². The van der Waals surface area contributed by atoms with Crippen LogP contribution in [0.2, 0.25) is 0 Å². The minimum atomic E-state index is -1.02. The maximum atomic E-state index is 13.3. The summed E-state index contributed by atoms with van der Waals surface area (Å²) < 4.78 is 15.4. The highest BCUT2D eigenvalue weighted by atomic mass is 79.9. The van der Waals surface area contributed by atoms with E-state index in [0.717, 1.165) is 25.7 Å². The largest absolute Gasteiger partial charge is 0.478 e. The highest BCUT2D eigenvalue weighted by molar-refractivity contribution is 9.10. The van der Waals surface area contributed by atoms with Crippen molar-refractivity contribution in [3.63, 3.8) is 0 Å². The van der Waals surface area contributed by atoms with Gasteiger partial charge < -0.3 is 5.11 Å². The third kappa shape index (κ3) is 2.72. The Morgan fingerprint density at radius 3 is 2.71 bits per heavy atom. The van der Waals surface area contributed by atoms with Crippen LogP contribution >= 0.6 is 15.9 Å². The van der Waals surface area contributed by atoms with Crippen LogP contribution in [0.1, 0.15) is 42.1 Å². The molecule has 110 valence electrons. The lowest BCUT2D eigenvalue weighted by molar-refractivity contribution is 0.0697. The predicted octanol–water partition coefficient (Wildman–Crippen LogP) is 4.27. The quantitative estimate of drug-likeness (QED) is 0.897. The number of carboxylic acids is 1. The minimum absolute atomic E-state index is 0.153. The number of halogens is 2. The molecule has 0 atom stereocenters. The molecule has 1 aliphatic carbocycles. The van der Waals surface area contributed by atoms with Crippen LogP contribution in [0.4, 0.5) is 4.39 Å². The molecule has 0 amide bonds. The van der Waals surface area contributed by atoms with E-state index in [1.165, 1.54) is 6.07 Å². The van der Waals surface area contributed by atoms with E-state index in [-0.39, 0.29) is 17.4 Å². The van der Waals surface area contributed by atoms with Gasteiger partial charge in [-0.25, -0.2) is 9.18 Å². The molecule has 0 spiro atoms. The Balaban J connectivity index is 2.07. The number of nitrogens with zero attached hydrogens (tertiary/aromatic N) is 2. The number of benzene rings is 1. The molecule has 1 fully saturated rings. The zero-order chi connectivity index (χ0) is 15.0. The molecular formula is C15H14BrFN2O2. The molecule has 21 heavy (non-hydrogen) atoms. The number of hydrogen-bond donors (Lipinski definition) is 1. The van der Waals surface area contributed by atoms with E-state index in [1.807, 2.05) is 0 Å². The Bertz CT molecular complexity index is 693. The van der Waals surface area contributed by atoms with Crippen molar-refractivity contribution >= 4 is 21.9 Å². The van der Waals surface area contributed by atoms with Crippen LogP contribution < -0.4 is 0 Å². The van der Waals surface area contributed by atoms with Gasteiger partial charge in [0, 0.05) is 11.8 Å². The summed E-state index contributed by atoms with van der Waals surface area (Å²) in [6.07, 6.45) is 5.92. The molecule has 1 aromatic heterocycles. The molecule has 1 heterocycles. The van der Waals surface area contributed by atoms with Gasteiger partial charge in [-0.05, 0) is 47.0 Å². The second kappa shape index (κ2) is 5.60. The summed E-state index contributed by atoms with van der Waals surface area (Å²) in [7, 11) is 0. The Morgan fingerprint density at radius 1 is 1.38 bits per heavy atom. The van der Waals surface area contributed by atoms with E-state index in [1.54, 1.807) is 23.0 Å². The number of aromatic carboxylic acids is 1. The Labute approximate surface area is 129 Å². The lowest BCUT2D eigenvalue weighted by Crippen LogP contribution is -2.05. The smallest absolute Gasteiger partial charge is 0.339 e. The molecule has 1 aliphatic rings. The SMILES string of the molecule is O=C(O)c1cn(C2CCCC2)nc1-c1ccc(F)c(Br)c1. The van der Waals surface area contributed by atoms with Gasteiger partial charge in [-0.15, -0.1) is 0 Å². The second-order valence-corrected chi connectivity index (χ2v) is 6.10.